The molecule has 3 nitrogen and oxygen atoms in total. The van der Waals surface area contributed by atoms with E-state index in [4.69, 9.17) is 10.5 Å². The van der Waals surface area contributed by atoms with Gasteiger partial charge >= 0.3 is 5.97 Å². The SMILES string of the molecule is CCOC(=O)CCC(N)c1ccc(I)cc1. The van der Waals surface area contributed by atoms with E-state index < -0.39 is 0 Å². The highest BCUT2D eigenvalue weighted by molar-refractivity contribution is 14.1. The molecule has 0 aromatic heterocycles. The van der Waals surface area contributed by atoms with Crippen molar-refractivity contribution in [2.75, 3.05) is 6.61 Å². The maximum absolute atomic E-state index is 11.2. The van der Waals surface area contributed by atoms with Crippen LogP contribution in [-0.2, 0) is 9.53 Å². The van der Waals surface area contributed by atoms with E-state index in [1.807, 2.05) is 24.3 Å². The predicted octanol–water partition coefficient (Wildman–Crippen LogP) is 2.63. The Hall–Kier alpha value is -0.620. The Bertz CT molecular complexity index is 337. The Labute approximate surface area is 109 Å². The summed E-state index contributed by atoms with van der Waals surface area (Å²) >= 11 is 2.25. The first-order chi connectivity index (χ1) is 7.63. The van der Waals surface area contributed by atoms with Gasteiger partial charge in [-0.3, -0.25) is 4.79 Å². The maximum Gasteiger partial charge on any atom is 0.305 e. The molecule has 1 rings (SSSR count). The van der Waals surface area contributed by atoms with Crippen LogP contribution >= 0.6 is 22.6 Å². The standard InChI is InChI=1S/C12H16INO2/c1-2-16-12(15)8-7-11(14)9-3-5-10(13)6-4-9/h3-6,11H,2,7-8,14H2,1H3. The summed E-state index contributed by atoms with van der Waals surface area (Å²) in [5, 5.41) is 0. The largest absolute Gasteiger partial charge is 0.466 e. The molecule has 0 radical (unpaired) electrons. The van der Waals surface area contributed by atoms with Crippen LogP contribution in [0.3, 0.4) is 0 Å². The quantitative estimate of drug-likeness (QED) is 0.666. The summed E-state index contributed by atoms with van der Waals surface area (Å²) < 4.78 is 6.03. The molecule has 1 aromatic carbocycles. The van der Waals surface area contributed by atoms with Crippen molar-refractivity contribution in [3.05, 3.63) is 33.4 Å². The first-order valence-electron chi connectivity index (χ1n) is 5.30. The molecule has 2 N–H and O–H groups in total. The molecule has 88 valence electrons. The molecule has 1 unspecified atom stereocenters. The van der Waals surface area contributed by atoms with Gasteiger partial charge in [0.2, 0.25) is 0 Å². The third-order valence-electron chi connectivity index (χ3n) is 2.26. The molecule has 0 aliphatic heterocycles. The summed E-state index contributed by atoms with van der Waals surface area (Å²) in [7, 11) is 0. The molecule has 0 saturated carbocycles. The Morgan fingerprint density at radius 2 is 2.06 bits per heavy atom. The van der Waals surface area contributed by atoms with E-state index in [-0.39, 0.29) is 12.0 Å². The molecule has 0 aliphatic carbocycles. The number of esters is 1. The summed E-state index contributed by atoms with van der Waals surface area (Å²) in [6.07, 6.45) is 1.00. The van der Waals surface area contributed by atoms with E-state index in [1.165, 1.54) is 3.57 Å². The highest BCUT2D eigenvalue weighted by Gasteiger charge is 2.09. The molecule has 0 amide bonds. The normalized spacial score (nSPS) is 12.2. The zero-order chi connectivity index (χ0) is 12.0. The van der Waals surface area contributed by atoms with E-state index in [1.54, 1.807) is 6.92 Å². The van der Waals surface area contributed by atoms with Crippen molar-refractivity contribution in [1.29, 1.82) is 0 Å². The molecule has 0 aliphatic rings. The van der Waals surface area contributed by atoms with Crippen LogP contribution in [0.4, 0.5) is 0 Å². The van der Waals surface area contributed by atoms with E-state index in [2.05, 4.69) is 22.6 Å². The molecule has 16 heavy (non-hydrogen) atoms. The van der Waals surface area contributed by atoms with Gasteiger partial charge in [0.25, 0.3) is 0 Å². The van der Waals surface area contributed by atoms with Crippen molar-refractivity contribution in [3.63, 3.8) is 0 Å². The fourth-order valence-electron chi connectivity index (χ4n) is 1.38. The van der Waals surface area contributed by atoms with Crippen LogP contribution in [-0.4, -0.2) is 12.6 Å². The molecule has 0 fully saturated rings. The second-order valence-electron chi connectivity index (χ2n) is 3.50. The topological polar surface area (TPSA) is 52.3 Å². The highest BCUT2D eigenvalue weighted by atomic mass is 127. The van der Waals surface area contributed by atoms with Gasteiger partial charge in [0.15, 0.2) is 0 Å². The zero-order valence-corrected chi connectivity index (χ0v) is 11.4. The van der Waals surface area contributed by atoms with Crippen LogP contribution in [0, 0.1) is 3.57 Å². The first-order valence-corrected chi connectivity index (χ1v) is 6.38. The number of hydrogen-bond donors (Lipinski definition) is 1. The fourth-order valence-corrected chi connectivity index (χ4v) is 1.74. The number of benzene rings is 1. The number of carbonyl (C=O) groups is 1. The molecule has 0 bridgehead atoms. The van der Waals surface area contributed by atoms with Crippen LogP contribution in [0.2, 0.25) is 0 Å². The van der Waals surface area contributed by atoms with E-state index in [0.29, 0.717) is 19.4 Å². The molecule has 4 heteroatoms. The second-order valence-corrected chi connectivity index (χ2v) is 4.75. The monoisotopic (exact) mass is 333 g/mol. The van der Waals surface area contributed by atoms with E-state index in [9.17, 15) is 4.79 Å². The summed E-state index contributed by atoms with van der Waals surface area (Å²) in [5.41, 5.74) is 7.04. The zero-order valence-electron chi connectivity index (χ0n) is 9.28. The summed E-state index contributed by atoms with van der Waals surface area (Å²) in [5.74, 6) is -0.177. The lowest BCUT2D eigenvalue weighted by Crippen LogP contribution is -2.13. The van der Waals surface area contributed by atoms with Crippen molar-refractivity contribution in [1.82, 2.24) is 0 Å². The summed E-state index contributed by atoms with van der Waals surface area (Å²) in [4.78, 5) is 11.2. The predicted molar refractivity (Wildman–Crippen MR) is 72.0 cm³/mol. The van der Waals surface area contributed by atoms with Gasteiger partial charge in [0.05, 0.1) is 6.61 Å². The fraction of sp³-hybridized carbons (Fsp3) is 0.417. The van der Waals surface area contributed by atoms with E-state index >= 15 is 0 Å². The lowest BCUT2D eigenvalue weighted by molar-refractivity contribution is -0.143. The molecule has 0 saturated heterocycles. The van der Waals surface area contributed by atoms with Gasteiger partial charge in [0.1, 0.15) is 0 Å². The lowest BCUT2D eigenvalue weighted by Gasteiger charge is -2.11. The third kappa shape index (κ3) is 4.49. The Kier molecular flexibility index (Phi) is 5.76. The van der Waals surface area contributed by atoms with Gasteiger partial charge in [-0.2, -0.15) is 0 Å². The highest BCUT2D eigenvalue weighted by Crippen LogP contribution is 2.17. The number of carbonyl (C=O) groups excluding carboxylic acids is 1. The summed E-state index contributed by atoms with van der Waals surface area (Å²) in [6, 6.07) is 7.93. The van der Waals surface area contributed by atoms with Gasteiger partial charge in [0, 0.05) is 16.0 Å². The van der Waals surface area contributed by atoms with Crippen LogP contribution in [0.25, 0.3) is 0 Å². The van der Waals surface area contributed by atoms with Crippen LogP contribution in [0.5, 0.6) is 0 Å². The smallest absolute Gasteiger partial charge is 0.305 e. The Morgan fingerprint density at radius 1 is 1.44 bits per heavy atom. The second kappa shape index (κ2) is 6.85. The van der Waals surface area contributed by atoms with Crippen molar-refractivity contribution in [2.45, 2.75) is 25.8 Å². The number of hydrogen-bond acceptors (Lipinski definition) is 3. The lowest BCUT2D eigenvalue weighted by atomic mass is 10.0. The van der Waals surface area contributed by atoms with Crippen LogP contribution < -0.4 is 5.73 Å². The van der Waals surface area contributed by atoms with Crippen molar-refractivity contribution >= 4 is 28.6 Å². The minimum atomic E-state index is -0.177. The number of halogens is 1. The third-order valence-corrected chi connectivity index (χ3v) is 2.98. The maximum atomic E-state index is 11.2. The Morgan fingerprint density at radius 3 is 2.62 bits per heavy atom. The van der Waals surface area contributed by atoms with Crippen molar-refractivity contribution < 1.29 is 9.53 Å². The summed E-state index contributed by atoms with van der Waals surface area (Å²) in [6.45, 7) is 2.23. The van der Waals surface area contributed by atoms with Crippen LogP contribution in [0.15, 0.2) is 24.3 Å². The average Bonchev–Trinajstić information content (AvgIpc) is 2.27. The first kappa shape index (κ1) is 13.4. The molecule has 0 heterocycles. The minimum Gasteiger partial charge on any atom is -0.466 e. The molecule has 1 atom stereocenters. The van der Waals surface area contributed by atoms with Gasteiger partial charge in [-0.15, -0.1) is 0 Å². The van der Waals surface area contributed by atoms with Gasteiger partial charge in [-0.1, -0.05) is 12.1 Å². The van der Waals surface area contributed by atoms with Crippen LogP contribution in [0.1, 0.15) is 31.4 Å². The average molecular weight is 333 g/mol. The number of nitrogens with two attached hydrogens (primary N) is 1. The van der Waals surface area contributed by atoms with Crippen molar-refractivity contribution in [2.24, 2.45) is 5.73 Å². The number of ether oxygens (including phenoxy) is 1. The van der Waals surface area contributed by atoms with E-state index in [0.717, 1.165) is 5.56 Å². The molecule has 1 aromatic rings. The van der Waals surface area contributed by atoms with Crippen molar-refractivity contribution in [3.8, 4) is 0 Å². The molecular weight excluding hydrogens is 317 g/mol. The molecular formula is C12H16INO2. The minimum absolute atomic E-state index is 0.0959. The number of rotatable bonds is 5. The van der Waals surface area contributed by atoms with Gasteiger partial charge in [-0.25, -0.2) is 0 Å². The Balaban J connectivity index is 2.43. The van der Waals surface area contributed by atoms with Gasteiger partial charge in [-0.05, 0) is 53.6 Å². The van der Waals surface area contributed by atoms with Gasteiger partial charge < -0.3 is 10.5 Å². The molecule has 0 spiro atoms.